The molecule has 1 amide bonds. The Hall–Kier alpha value is -1.13. The number of nitrogens with one attached hydrogen (secondary N) is 1. The van der Waals surface area contributed by atoms with E-state index >= 15 is 0 Å². The summed E-state index contributed by atoms with van der Waals surface area (Å²) in [7, 11) is 0. The lowest BCUT2D eigenvalue weighted by molar-refractivity contribution is -0.121. The molecule has 0 saturated heterocycles. The van der Waals surface area contributed by atoms with Crippen molar-refractivity contribution < 1.29 is 9.18 Å². The fourth-order valence-corrected chi connectivity index (χ4v) is 1.60. The zero-order chi connectivity index (χ0) is 12.7. The normalized spacial score (nSPS) is 10.3. The second-order valence-electron chi connectivity index (χ2n) is 3.74. The van der Waals surface area contributed by atoms with E-state index in [1.165, 1.54) is 6.07 Å². The summed E-state index contributed by atoms with van der Waals surface area (Å²) >= 11 is 5.65. The Morgan fingerprint density at radius 1 is 1.47 bits per heavy atom. The molecular formula is C12H16ClFN2O. The number of hydrogen-bond donors (Lipinski definition) is 2. The van der Waals surface area contributed by atoms with Crippen LogP contribution in [0.1, 0.15) is 18.4 Å². The van der Waals surface area contributed by atoms with Crippen LogP contribution < -0.4 is 11.1 Å². The first-order valence-corrected chi connectivity index (χ1v) is 5.92. The lowest BCUT2D eigenvalue weighted by Crippen LogP contribution is -2.25. The summed E-state index contributed by atoms with van der Waals surface area (Å²) in [5.41, 5.74) is 6.20. The maximum absolute atomic E-state index is 12.9. The highest BCUT2D eigenvalue weighted by atomic mass is 35.5. The van der Waals surface area contributed by atoms with Gasteiger partial charge >= 0.3 is 0 Å². The summed E-state index contributed by atoms with van der Waals surface area (Å²) in [6.45, 7) is 1.03. The Bertz CT molecular complexity index is 385. The molecule has 0 fully saturated rings. The Kier molecular flexibility index (Phi) is 5.94. The van der Waals surface area contributed by atoms with Gasteiger partial charge in [0.2, 0.25) is 5.91 Å². The Labute approximate surface area is 105 Å². The molecule has 0 bridgehead atoms. The van der Waals surface area contributed by atoms with Gasteiger partial charge in [-0.2, -0.15) is 0 Å². The first-order valence-electron chi connectivity index (χ1n) is 5.54. The topological polar surface area (TPSA) is 55.1 Å². The smallest absolute Gasteiger partial charge is 0.220 e. The van der Waals surface area contributed by atoms with Gasteiger partial charge in [0.1, 0.15) is 5.82 Å². The molecule has 94 valence electrons. The molecule has 0 saturated carbocycles. The van der Waals surface area contributed by atoms with Gasteiger partial charge in [0.15, 0.2) is 0 Å². The number of carbonyl (C=O) groups is 1. The highest BCUT2D eigenvalue weighted by molar-refractivity contribution is 6.30. The van der Waals surface area contributed by atoms with Crippen molar-refractivity contribution in [3.8, 4) is 0 Å². The van der Waals surface area contributed by atoms with Crippen LogP contribution in [0.2, 0.25) is 5.02 Å². The molecule has 0 aliphatic heterocycles. The van der Waals surface area contributed by atoms with Crippen LogP contribution in [-0.2, 0) is 11.2 Å². The van der Waals surface area contributed by atoms with Crippen LogP contribution in [0.15, 0.2) is 18.2 Å². The van der Waals surface area contributed by atoms with Crippen LogP contribution in [0, 0.1) is 5.82 Å². The second-order valence-corrected chi connectivity index (χ2v) is 4.15. The largest absolute Gasteiger partial charge is 0.356 e. The van der Waals surface area contributed by atoms with Gasteiger partial charge in [-0.25, -0.2) is 4.39 Å². The highest BCUT2D eigenvalue weighted by Crippen LogP contribution is 2.15. The van der Waals surface area contributed by atoms with Crippen molar-refractivity contribution in [3.63, 3.8) is 0 Å². The third kappa shape index (κ3) is 5.15. The van der Waals surface area contributed by atoms with E-state index in [1.54, 1.807) is 12.1 Å². The molecule has 1 aromatic rings. The van der Waals surface area contributed by atoms with Gasteiger partial charge in [0, 0.05) is 13.0 Å². The molecule has 0 spiro atoms. The van der Waals surface area contributed by atoms with Crippen molar-refractivity contribution in [2.75, 3.05) is 13.1 Å². The summed E-state index contributed by atoms with van der Waals surface area (Å²) in [5.74, 6) is -0.439. The second kappa shape index (κ2) is 7.25. The van der Waals surface area contributed by atoms with Crippen LogP contribution >= 0.6 is 11.6 Å². The van der Waals surface area contributed by atoms with Crippen LogP contribution in [0.4, 0.5) is 4.39 Å². The first-order chi connectivity index (χ1) is 8.13. The molecule has 0 aromatic heterocycles. The molecule has 3 nitrogen and oxygen atoms in total. The standard InChI is InChI=1S/C12H16ClFN2O/c13-10-8-9(3-4-11(10)14)5-7-16-12(17)2-1-6-15/h3-4,8H,1-2,5-7,15H2,(H,16,17). The van der Waals surface area contributed by atoms with Crippen molar-refractivity contribution in [2.24, 2.45) is 5.73 Å². The monoisotopic (exact) mass is 258 g/mol. The number of carbonyl (C=O) groups excluding carboxylic acids is 1. The summed E-state index contributed by atoms with van der Waals surface area (Å²) in [5, 5.41) is 2.88. The zero-order valence-electron chi connectivity index (χ0n) is 9.51. The van der Waals surface area contributed by atoms with Crippen LogP contribution in [0.5, 0.6) is 0 Å². The summed E-state index contributed by atoms with van der Waals surface area (Å²) in [4.78, 5) is 11.3. The van der Waals surface area contributed by atoms with E-state index in [4.69, 9.17) is 17.3 Å². The van der Waals surface area contributed by atoms with Crippen molar-refractivity contribution >= 4 is 17.5 Å². The minimum absolute atomic E-state index is 0.0105. The van der Waals surface area contributed by atoms with Crippen molar-refractivity contribution in [3.05, 3.63) is 34.6 Å². The van der Waals surface area contributed by atoms with Gasteiger partial charge in [0.05, 0.1) is 5.02 Å². The minimum atomic E-state index is -0.428. The van der Waals surface area contributed by atoms with Gasteiger partial charge in [-0.05, 0) is 37.1 Å². The fraction of sp³-hybridized carbons (Fsp3) is 0.417. The van der Waals surface area contributed by atoms with E-state index in [0.29, 0.717) is 32.4 Å². The number of nitrogens with two attached hydrogens (primary N) is 1. The number of hydrogen-bond acceptors (Lipinski definition) is 2. The first kappa shape index (κ1) is 13.9. The fourth-order valence-electron chi connectivity index (χ4n) is 1.39. The lowest BCUT2D eigenvalue weighted by Gasteiger charge is -2.05. The Morgan fingerprint density at radius 2 is 2.24 bits per heavy atom. The van der Waals surface area contributed by atoms with Crippen molar-refractivity contribution in [1.82, 2.24) is 5.32 Å². The average Bonchev–Trinajstić information content (AvgIpc) is 2.31. The van der Waals surface area contributed by atoms with Crippen molar-refractivity contribution in [2.45, 2.75) is 19.3 Å². The van der Waals surface area contributed by atoms with E-state index in [9.17, 15) is 9.18 Å². The minimum Gasteiger partial charge on any atom is -0.356 e. The van der Waals surface area contributed by atoms with E-state index < -0.39 is 5.82 Å². The maximum atomic E-state index is 12.9. The molecule has 0 aliphatic carbocycles. The number of benzene rings is 1. The highest BCUT2D eigenvalue weighted by Gasteiger charge is 2.02. The predicted molar refractivity (Wildman–Crippen MR) is 66.4 cm³/mol. The van der Waals surface area contributed by atoms with E-state index in [-0.39, 0.29) is 10.9 Å². The molecular weight excluding hydrogens is 243 g/mol. The molecule has 0 atom stereocenters. The molecule has 5 heteroatoms. The molecule has 0 heterocycles. The molecule has 0 aliphatic rings. The molecule has 1 rings (SSSR count). The molecule has 17 heavy (non-hydrogen) atoms. The van der Waals surface area contributed by atoms with E-state index in [1.807, 2.05) is 0 Å². The van der Waals surface area contributed by atoms with Crippen molar-refractivity contribution in [1.29, 1.82) is 0 Å². The van der Waals surface area contributed by atoms with E-state index in [2.05, 4.69) is 5.32 Å². The number of rotatable bonds is 6. The Morgan fingerprint density at radius 3 is 2.88 bits per heavy atom. The summed E-state index contributed by atoms with van der Waals surface area (Å²) in [6, 6.07) is 4.56. The lowest BCUT2D eigenvalue weighted by atomic mass is 10.1. The van der Waals surface area contributed by atoms with Gasteiger partial charge in [-0.3, -0.25) is 4.79 Å². The molecule has 0 radical (unpaired) electrons. The number of halogens is 2. The van der Waals surface area contributed by atoms with Gasteiger partial charge in [-0.1, -0.05) is 17.7 Å². The molecule has 0 unspecified atom stereocenters. The predicted octanol–water partition coefficient (Wildman–Crippen LogP) is 1.88. The van der Waals surface area contributed by atoms with Gasteiger partial charge < -0.3 is 11.1 Å². The molecule has 3 N–H and O–H groups in total. The van der Waals surface area contributed by atoms with Crippen LogP contribution in [-0.4, -0.2) is 19.0 Å². The summed E-state index contributed by atoms with van der Waals surface area (Å²) < 4.78 is 12.9. The molecule has 1 aromatic carbocycles. The van der Waals surface area contributed by atoms with Crippen LogP contribution in [0.3, 0.4) is 0 Å². The van der Waals surface area contributed by atoms with E-state index in [0.717, 1.165) is 5.56 Å². The maximum Gasteiger partial charge on any atom is 0.220 e. The van der Waals surface area contributed by atoms with Gasteiger partial charge in [0.25, 0.3) is 0 Å². The SMILES string of the molecule is NCCCC(=O)NCCc1ccc(F)c(Cl)c1. The summed E-state index contributed by atoms with van der Waals surface area (Å²) in [6.07, 6.45) is 1.77. The van der Waals surface area contributed by atoms with Crippen LogP contribution in [0.25, 0.3) is 0 Å². The number of amides is 1. The quantitative estimate of drug-likeness (QED) is 0.819. The average molecular weight is 259 g/mol. The third-order valence-corrected chi connectivity index (χ3v) is 2.62. The zero-order valence-corrected chi connectivity index (χ0v) is 10.3. The Balaban J connectivity index is 2.30. The third-order valence-electron chi connectivity index (χ3n) is 2.33. The van der Waals surface area contributed by atoms with Gasteiger partial charge in [-0.15, -0.1) is 0 Å².